The molecule has 0 saturated carbocycles. The first-order valence-electron chi connectivity index (χ1n) is 9.21. The molecule has 0 aliphatic carbocycles. The van der Waals surface area contributed by atoms with Gasteiger partial charge in [-0.3, -0.25) is 9.78 Å². The summed E-state index contributed by atoms with van der Waals surface area (Å²) >= 11 is 0. The van der Waals surface area contributed by atoms with Crippen molar-refractivity contribution >= 4 is 17.3 Å². The van der Waals surface area contributed by atoms with Crippen LogP contribution in [-0.2, 0) is 13.0 Å². The average Bonchev–Trinajstić information content (AvgIpc) is 2.69. The zero-order valence-electron chi connectivity index (χ0n) is 16.0. The summed E-state index contributed by atoms with van der Waals surface area (Å²) in [5.74, 6) is -0.132. The summed E-state index contributed by atoms with van der Waals surface area (Å²) in [6.45, 7) is 6.75. The fourth-order valence-electron chi connectivity index (χ4n) is 2.97. The van der Waals surface area contributed by atoms with Crippen molar-refractivity contribution in [2.75, 3.05) is 5.32 Å². The monoisotopic (exact) mass is 359 g/mol. The smallest absolute Gasteiger partial charge is 0.253 e. The maximum Gasteiger partial charge on any atom is 0.253 e. The Hall–Kier alpha value is -3.14. The third-order valence-electron chi connectivity index (χ3n) is 4.58. The normalized spacial score (nSPS) is 10.5. The lowest BCUT2D eigenvalue weighted by atomic mass is 10.1. The molecule has 0 saturated heterocycles. The SMILES string of the molecule is CCc1cccc(C)c1Nc1cncc(C(=O)NCc2ccc(C)cc2)c1. The first-order chi connectivity index (χ1) is 13.1. The van der Waals surface area contributed by atoms with E-state index in [0.717, 1.165) is 23.4 Å². The van der Waals surface area contributed by atoms with Crippen molar-refractivity contribution in [2.24, 2.45) is 0 Å². The van der Waals surface area contributed by atoms with Crippen LogP contribution in [0.2, 0.25) is 0 Å². The van der Waals surface area contributed by atoms with Gasteiger partial charge in [0.1, 0.15) is 0 Å². The molecule has 27 heavy (non-hydrogen) atoms. The molecule has 1 heterocycles. The molecule has 1 amide bonds. The molecule has 0 spiro atoms. The second-order valence-corrected chi connectivity index (χ2v) is 6.72. The number of carbonyl (C=O) groups is 1. The summed E-state index contributed by atoms with van der Waals surface area (Å²) in [4.78, 5) is 16.7. The number of amides is 1. The quantitative estimate of drug-likeness (QED) is 0.656. The number of anilines is 2. The molecule has 0 aliphatic heterocycles. The largest absolute Gasteiger partial charge is 0.354 e. The Balaban J connectivity index is 1.71. The molecule has 3 aromatic rings. The van der Waals surface area contributed by atoms with Crippen LogP contribution in [0.5, 0.6) is 0 Å². The molecule has 1 aromatic heterocycles. The van der Waals surface area contributed by atoms with Crippen molar-refractivity contribution in [1.29, 1.82) is 0 Å². The van der Waals surface area contributed by atoms with Crippen LogP contribution in [0.1, 0.15) is 39.5 Å². The highest BCUT2D eigenvalue weighted by Gasteiger charge is 2.09. The molecule has 0 radical (unpaired) electrons. The van der Waals surface area contributed by atoms with Gasteiger partial charge in [0.25, 0.3) is 5.91 Å². The van der Waals surface area contributed by atoms with E-state index in [4.69, 9.17) is 0 Å². The minimum atomic E-state index is -0.132. The summed E-state index contributed by atoms with van der Waals surface area (Å²) in [6, 6.07) is 16.2. The van der Waals surface area contributed by atoms with Crippen LogP contribution in [-0.4, -0.2) is 10.9 Å². The lowest BCUT2D eigenvalue weighted by Gasteiger charge is -2.14. The van der Waals surface area contributed by atoms with Gasteiger partial charge in [0.2, 0.25) is 0 Å². The van der Waals surface area contributed by atoms with Crippen molar-refractivity contribution in [3.63, 3.8) is 0 Å². The predicted molar refractivity (Wildman–Crippen MR) is 110 cm³/mol. The van der Waals surface area contributed by atoms with Gasteiger partial charge >= 0.3 is 0 Å². The highest BCUT2D eigenvalue weighted by Crippen LogP contribution is 2.25. The molecule has 0 atom stereocenters. The number of carbonyl (C=O) groups excluding carboxylic acids is 1. The molecular weight excluding hydrogens is 334 g/mol. The van der Waals surface area contributed by atoms with Crippen molar-refractivity contribution in [3.8, 4) is 0 Å². The van der Waals surface area contributed by atoms with Crippen LogP contribution in [0.15, 0.2) is 60.9 Å². The zero-order chi connectivity index (χ0) is 19.2. The van der Waals surface area contributed by atoms with E-state index >= 15 is 0 Å². The summed E-state index contributed by atoms with van der Waals surface area (Å²) in [5, 5.41) is 6.38. The third-order valence-corrected chi connectivity index (χ3v) is 4.58. The van der Waals surface area contributed by atoms with Crippen molar-refractivity contribution in [1.82, 2.24) is 10.3 Å². The van der Waals surface area contributed by atoms with E-state index in [9.17, 15) is 4.79 Å². The first kappa shape index (κ1) is 18.6. The number of benzene rings is 2. The molecule has 4 heteroatoms. The topological polar surface area (TPSA) is 54.0 Å². The van der Waals surface area contributed by atoms with Crippen LogP contribution in [0, 0.1) is 13.8 Å². The highest BCUT2D eigenvalue weighted by atomic mass is 16.1. The Bertz CT molecular complexity index is 933. The Labute approximate surface area is 160 Å². The summed E-state index contributed by atoms with van der Waals surface area (Å²) in [5.41, 5.74) is 7.12. The van der Waals surface area contributed by atoms with Gasteiger partial charge in [-0.15, -0.1) is 0 Å². The predicted octanol–water partition coefficient (Wildman–Crippen LogP) is 4.93. The minimum absolute atomic E-state index is 0.132. The Morgan fingerprint density at radius 1 is 1.04 bits per heavy atom. The Kier molecular flexibility index (Phi) is 5.87. The summed E-state index contributed by atoms with van der Waals surface area (Å²) in [7, 11) is 0. The molecule has 4 nitrogen and oxygen atoms in total. The number of hydrogen-bond acceptors (Lipinski definition) is 3. The Morgan fingerprint density at radius 2 is 1.81 bits per heavy atom. The van der Waals surface area contributed by atoms with Gasteiger partial charge in [0.15, 0.2) is 0 Å². The molecule has 0 fully saturated rings. The lowest BCUT2D eigenvalue weighted by molar-refractivity contribution is 0.0950. The van der Waals surface area contributed by atoms with E-state index in [1.165, 1.54) is 16.7 Å². The second-order valence-electron chi connectivity index (χ2n) is 6.72. The van der Waals surface area contributed by atoms with E-state index in [2.05, 4.69) is 47.7 Å². The van der Waals surface area contributed by atoms with Crippen molar-refractivity contribution in [3.05, 3.63) is 88.7 Å². The molecule has 0 bridgehead atoms. The lowest BCUT2D eigenvalue weighted by Crippen LogP contribution is -2.23. The van der Waals surface area contributed by atoms with E-state index in [-0.39, 0.29) is 5.91 Å². The maximum absolute atomic E-state index is 12.5. The number of aryl methyl sites for hydroxylation is 3. The number of hydrogen-bond donors (Lipinski definition) is 2. The van der Waals surface area contributed by atoms with Crippen molar-refractivity contribution < 1.29 is 4.79 Å². The van der Waals surface area contributed by atoms with E-state index in [1.807, 2.05) is 37.3 Å². The van der Waals surface area contributed by atoms with Crippen LogP contribution < -0.4 is 10.6 Å². The first-order valence-corrected chi connectivity index (χ1v) is 9.21. The number of pyridine rings is 1. The molecule has 0 unspecified atom stereocenters. The van der Waals surface area contributed by atoms with Crippen LogP contribution in [0.3, 0.4) is 0 Å². The fraction of sp³-hybridized carbons (Fsp3) is 0.217. The van der Waals surface area contributed by atoms with E-state index in [0.29, 0.717) is 12.1 Å². The fourth-order valence-corrected chi connectivity index (χ4v) is 2.97. The number of nitrogens with zero attached hydrogens (tertiary/aromatic N) is 1. The highest BCUT2D eigenvalue weighted by molar-refractivity contribution is 5.94. The standard InChI is InChI=1S/C23H25N3O/c1-4-19-7-5-6-17(3)22(19)26-21-12-20(14-24-15-21)23(27)25-13-18-10-8-16(2)9-11-18/h5-12,14-15,26H,4,13H2,1-3H3,(H,25,27). The van der Waals surface area contributed by atoms with E-state index in [1.54, 1.807) is 12.4 Å². The zero-order valence-corrected chi connectivity index (χ0v) is 16.0. The molecule has 138 valence electrons. The minimum Gasteiger partial charge on any atom is -0.354 e. The van der Waals surface area contributed by atoms with Gasteiger partial charge in [-0.05, 0) is 43.0 Å². The van der Waals surface area contributed by atoms with Gasteiger partial charge in [-0.25, -0.2) is 0 Å². The summed E-state index contributed by atoms with van der Waals surface area (Å²) in [6.07, 6.45) is 4.27. The van der Waals surface area contributed by atoms with Crippen LogP contribution in [0.25, 0.3) is 0 Å². The molecule has 3 rings (SSSR count). The number of nitrogens with one attached hydrogen (secondary N) is 2. The van der Waals surface area contributed by atoms with Gasteiger partial charge in [-0.1, -0.05) is 55.0 Å². The number of aromatic nitrogens is 1. The van der Waals surface area contributed by atoms with Crippen LogP contribution in [0.4, 0.5) is 11.4 Å². The maximum atomic E-state index is 12.5. The molecule has 0 aliphatic rings. The van der Waals surface area contributed by atoms with Gasteiger partial charge in [-0.2, -0.15) is 0 Å². The molecular formula is C23H25N3O. The summed E-state index contributed by atoms with van der Waals surface area (Å²) < 4.78 is 0. The van der Waals surface area contributed by atoms with Gasteiger partial charge in [0.05, 0.1) is 17.4 Å². The van der Waals surface area contributed by atoms with Crippen LogP contribution >= 0.6 is 0 Å². The average molecular weight is 359 g/mol. The number of rotatable bonds is 6. The van der Waals surface area contributed by atoms with E-state index < -0.39 is 0 Å². The van der Waals surface area contributed by atoms with Gasteiger partial charge in [0, 0.05) is 18.4 Å². The number of para-hydroxylation sites is 1. The third kappa shape index (κ3) is 4.73. The van der Waals surface area contributed by atoms with Gasteiger partial charge < -0.3 is 10.6 Å². The Morgan fingerprint density at radius 3 is 2.56 bits per heavy atom. The van der Waals surface area contributed by atoms with Crippen molar-refractivity contribution in [2.45, 2.75) is 33.7 Å². The molecule has 2 N–H and O–H groups in total. The second kappa shape index (κ2) is 8.49. The molecule has 2 aromatic carbocycles.